The number of nitrogens with one attached hydrogen (secondary N) is 2. The van der Waals surface area contributed by atoms with E-state index in [-0.39, 0.29) is 37.2 Å². The van der Waals surface area contributed by atoms with Gasteiger partial charge in [-0.15, -0.1) is 0 Å². The van der Waals surface area contributed by atoms with E-state index in [0.29, 0.717) is 11.1 Å². The zero-order chi connectivity index (χ0) is 18.1. The van der Waals surface area contributed by atoms with Crippen LogP contribution < -0.4 is 5.32 Å². The van der Waals surface area contributed by atoms with E-state index in [4.69, 9.17) is 0 Å². The lowest BCUT2D eigenvalue weighted by Gasteiger charge is -2.14. The second kappa shape index (κ2) is 6.48. The number of aromatic amines is 1. The van der Waals surface area contributed by atoms with Crippen LogP contribution in [0, 0.1) is 0 Å². The number of hydrogen-bond acceptors (Lipinski definition) is 3. The van der Waals surface area contributed by atoms with Crippen LogP contribution in [0.4, 0.5) is 0 Å². The summed E-state index contributed by atoms with van der Waals surface area (Å²) < 4.78 is 0. The fraction of sp³-hybridized carbons (Fsp3) is 0.150. The molecular weight excluding hydrogens is 330 g/mol. The molecule has 0 unspecified atom stereocenters. The van der Waals surface area contributed by atoms with Crippen molar-refractivity contribution in [2.24, 2.45) is 0 Å². The molecule has 3 aromatic rings. The van der Waals surface area contributed by atoms with Gasteiger partial charge < -0.3 is 10.3 Å². The van der Waals surface area contributed by atoms with E-state index < -0.39 is 0 Å². The van der Waals surface area contributed by atoms with Crippen molar-refractivity contribution in [2.45, 2.75) is 6.42 Å². The van der Waals surface area contributed by atoms with Gasteiger partial charge in [0.25, 0.3) is 11.8 Å². The molecule has 6 nitrogen and oxygen atoms in total. The Labute approximate surface area is 149 Å². The van der Waals surface area contributed by atoms with Gasteiger partial charge in [0.05, 0.1) is 17.5 Å². The molecule has 0 aliphatic carbocycles. The zero-order valence-electron chi connectivity index (χ0n) is 14.0. The Hall–Kier alpha value is -3.41. The van der Waals surface area contributed by atoms with Crippen molar-refractivity contribution >= 4 is 28.6 Å². The van der Waals surface area contributed by atoms with Crippen LogP contribution in [0.15, 0.2) is 54.7 Å². The van der Waals surface area contributed by atoms with Gasteiger partial charge in [-0.3, -0.25) is 19.3 Å². The molecule has 0 fully saturated rings. The van der Waals surface area contributed by atoms with Crippen molar-refractivity contribution in [3.8, 4) is 0 Å². The van der Waals surface area contributed by atoms with E-state index in [0.717, 1.165) is 16.5 Å². The number of hydrogen-bond donors (Lipinski definition) is 2. The third kappa shape index (κ3) is 2.75. The maximum absolute atomic E-state index is 12.3. The van der Waals surface area contributed by atoms with Gasteiger partial charge in [0.15, 0.2) is 0 Å². The van der Waals surface area contributed by atoms with Gasteiger partial charge in [-0.25, -0.2) is 0 Å². The van der Waals surface area contributed by atoms with Gasteiger partial charge in [-0.1, -0.05) is 30.3 Å². The zero-order valence-corrected chi connectivity index (χ0v) is 14.0. The maximum atomic E-state index is 12.3. The molecule has 0 atom stereocenters. The number of aromatic nitrogens is 1. The van der Waals surface area contributed by atoms with Crippen LogP contribution in [0.1, 0.15) is 26.3 Å². The van der Waals surface area contributed by atoms with Crippen molar-refractivity contribution in [2.75, 3.05) is 13.1 Å². The maximum Gasteiger partial charge on any atom is 0.261 e. The van der Waals surface area contributed by atoms with Crippen LogP contribution in [0.5, 0.6) is 0 Å². The first-order chi connectivity index (χ1) is 12.6. The Morgan fingerprint density at radius 1 is 0.962 bits per heavy atom. The van der Waals surface area contributed by atoms with Crippen LogP contribution >= 0.6 is 0 Å². The van der Waals surface area contributed by atoms with Crippen LogP contribution in [0.25, 0.3) is 10.9 Å². The molecule has 1 aromatic heterocycles. The first-order valence-electron chi connectivity index (χ1n) is 8.42. The minimum absolute atomic E-state index is 0.147. The summed E-state index contributed by atoms with van der Waals surface area (Å²) in [6.45, 7) is 0.388. The lowest BCUT2D eigenvalue weighted by Crippen LogP contribution is -2.38. The third-order valence-corrected chi connectivity index (χ3v) is 4.56. The van der Waals surface area contributed by atoms with Crippen LogP contribution in [-0.4, -0.2) is 40.7 Å². The van der Waals surface area contributed by atoms with Crippen molar-refractivity contribution in [1.82, 2.24) is 15.2 Å². The van der Waals surface area contributed by atoms with E-state index in [1.165, 1.54) is 4.90 Å². The number of H-pyrrole nitrogens is 1. The second-order valence-electron chi connectivity index (χ2n) is 6.19. The van der Waals surface area contributed by atoms with Crippen molar-refractivity contribution in [3.05, 3.63) is 71.4 Å². The van der Waals surface area contributed by atoms with Crippen molar-refractivity contribution < 1.29 is 14.4 Å². The summed E-state index contributed by atoms with van der Waals surface area (Å²) in [6, 6.07) is 14.5. The van der Waals surface area contributed by atoms with E-state index in [1.807, 2.05) is 30.5 Å². The number of para-hydroxylation sites is 1. The molecule has 3 amide bonds. The highest BCUT2D eigenvalue weighted by molar-refractivity contribution is 6.21. The minimum Gasteiger partial charge on any atom is -0.361 e. The number of carbonyl (C=O) groups is 3. The minimum atomic E-state index is -0.309. The van der Waals surface area contributed by atoms with E-state index in [9.17, 15) is 14.4 Å². The smallest absolute Gasteiger partial charge is 0.261 e. The van der Waals surface area contributed by atoms with E-state index in [2.05, 4.69) is 10.3 Å². The number of amides is 3. The topological polar surface area (TPSA) is 82.3 Å². The lowest BCUT2D eigenvalue weighted by molar-refractivity contribution is -0.120. The van der Waals surface area contributed by atoms with Crippen LogP contribution in [-0.2, 0) is 11.2 Å². The molecular formula is C20H17N3O3. The Morgan fingerprint density at radius 2 is 1.62 bits per heavy atom. The molecule has 0 saturated carbocycles. The molecule has 0 radical (unpaired) electrons. The Kier molecular flexibility index (Phi) is 4.01. The molecule has 2 heterocycles. The molecule has 1 aliphatic rings. The molecule has 0 bridgehead atoms. The molecule has 2 aromatic carbocycles. The highest BCUT2D eigenvalue weighted by Crippen LogP contribution is 2.22. The molecule has 4 rings (SSSR count). The van der Waals surface area contributed by atoms with Gasteiger partial charge in [-0.2, -0.15) is 0 Å². The summed E-state index contributed by atoms with van der Waals surface area (Å²) in [5.74, 6) is -0.765. The van der Waals surface area contributed by atoms with Gasteiger partial charge in [-0.05, 0) is 23.8 Å². The highest BCUT2D eigenvalue weighted by atomic mass is 16.2. The molecule has 6 heteroatoms. The average Bonchev–Trinajstić information content (AvgIpc) is 3.17. The average molecular weight is 347 g/mol. The Balaban J connectivity index is 1.35. The fourth-order valence-corrected chi connectivity index (χ4v) is 3.26. The predicted molar refractivity (Wildman–Crippen MR) is 96.8 cm³/mol. The largest absolute Gasteiger partial charge is 0.361 e. The van der Waals surface area contributed by atoms with Crippen molar-refractivity contribution in [3.63, 3.8) is 0 Å². The standard InChI is InChI=1S/C20H17N3O3/c24-18(11-13-12-22-17-8-4-3-5-14(13)17)21-9-10-23-19(25)15-6-1-2-7-16(15)20(23)26/h1-8,12,22H,9-11H2,(H,21,24). The molecule has 2 N–H and O–H groups in total. The quantitative estimate of drug-likeness (QED) is 0.694. The number of benzene rings is 2. The second-order valence-corrected chi connectivity index (χ2v) is 6.19. The highest BCUT2D eigenvalue weighted by Gasteiger charge is 2.34. The lowest BCUT2D eigenvalue weighted by atomic mass is 10.1. The monoisotopic (exact) mass is 347 g/mol. The summed E-state index contributed by atoms with van der Waals surface area (Å²) in [4.78, 5) is 41.1. The number of carbonyl (C=O) groups excluding carboxylic acids is 3. The summed E-state index contributed by atoms with van der Waals surface area (Å²) in [5.41, 5.74) is 2.74. The summed E-state index contributed by atoms with van der Waals surface area (Å²) in [7, 11) is 0. The number of rotatable bonds is 5. The summed E-state index contributed by atoms with van der Waals surface area (Å²) in [5, 5.41) is 3.80. The summed E-state index contributed by atoms with van der Waals surface area (Å²) >= 11 is 0. The van der Waals surface area contributed by atoms with Gasteiger partial charge >= 0.3 is 0 Å². The normalized spacial score (nSPS) is 13.3. The van der Waals surface area contributed by atoms with Gasteiger partial charge in [0.1, 0.15) is 0 Å². The first-order valence-corrected chi connectivity index (χ1v) is 8.42. The van der Waals surface area contributed by atoms with Gasteiger partial charge in [0.2, 0.25) is 5.91 Å². The third-order valence-electron chi connectivity index (χ3n) is 4.56. The van der Waals surface area contributed by atoms with Crippen molar-refractivity contribution in [1.29, 1.82) is 0 Å². The molecule has 130 valence electrons. The van der Waals surface area contributed by atoms with Crippen LogP contribution in [0.3, 0.4) is 0 Å². The SMILES string of the molecule is O=C(Cc1c[nH]c2ccccc12)NCCN1C(=O)c2ccccc2C1=O. The molecule has 1 aliphatic heterocycles. The predicted octanol–water partition coefficient (Wildman–Crippen LogP) is 2.12. The summed E-state index contributed by atoms with van der Waals surface area (Å²) in [6.07, 6.45) is 2.07. The number of fused-ring (bicyclic) bond motifs is 2. The van der Waals surface area contributed by atoms with Crippen LogP contribution in [0.2, 0.25) is 0 Å². The van der Waals surface area contributed by atoms with E-state index in [1.54, 1.807) is 24.3 Å². The van der Waals surface area contributed by atoms with Gasteiger partial charge in [0, 0.05) is 30.2 Å². The Bertz CT molecular complexity index is 987. The fourth-order valence-electron chi connectivity index (χ4n) is 3.26. The first kappa shape index (κ1) is 16.1. The number of nitrogens with zero attached hydrogens (tertiary/aromatic N) is 1. The molecule has 0 spiro atoms. The molecule has 26 heavy (non-hydrogen) atoms. The Morgan fingerprint density at radius 3 is 2.35 bits per heavy atom. The number of imide groups is 1. The van der Waals surface area contributed by atoms with E-state index >= 15 is 0 Å². The molecule has 0 saturated heterocycles.